The van der Waals surface area contributed by atoms with E-state index in [2.05, 4.69) is 9.88 Å². The van der Waals surface area contributed by atoms with E-state index in [0.717, 1.165) is 25.3 Å². The van der Waals surface area contributed by atoms with Crippen LogP contribution in [0.3, 0.4) is 0 Å². The number of hydrogen-bond acceptors (Lipinski definition) is 3. The molecule has 1 unspecified atom stereocenters. The number of hydrogen-bond donors (Lipinski definition) is 1. The van der Waals surface area contributed by atoms with Crippen LogP contribution < -0.4 is 0 Å². The van der Waals surface area contributed by atoms with Gasteiger partial charge in [-0.3, -0.25) is 4.79 Å². The Morgan fingerprint density at radius 2 is 2.35 bits per heavy atom. The molecule has 0 aliphatic carbocycles. The van der Waals surface area contributed by atoms with Gasteiger partial charge >= 0.3 is 5.97 Å². The zero-order chi connectivity index (χ0) is 12.8. The molecule has 0 saturated heterocycles. The first-order chi connectivity index (χ1) is 8.04. The van der Waals surface area contributed by atoms with Gasteiger partial charge in [0.15, 0.2) is 0 Å². The molecule has 0 amide bonds. The summed E-state index contributed by atoms with van der Waals surface area (Å²) in [5.41, 5.74) is 0. The summed E-state index contributed by atoms with van der Waals surface area (Å²) in [5.74, 6) is -0.0248. The van der Waals surface area contributed by atoms with Gasteiger partial charge in [0, 0.05) is 39.0 Å². The molecule has 17 heavy (non-hydrogen) atoms. The Balaban J connectivity index is 2.42. The Morgan fingerprint density at radius 1 is 1.65 bits per heavy atom. The predicted octanol–water partition coefficient (Wildman–Crippen LogP) is 1.01. The predicted molar refractivity (Wildman–Crippen MR) is 65.8 cm³/mol. The summed E-state index contributed by atoms with van der Waals surface area (Å²) in [6.45, 7) is 6.09. The van der Waals surface area contributed by atoms with E-state index in [0.29, 0.717) is 6.54 Å². The minimum Gasteiger partial charge on any atom is -0.481 e. The molecule has 96 valence electrons. The van der Waals surface area contributed by atoms with Gasteiger partial charge in [0.1, 0.15) is 5.82 Å². The molecule has 1 rings (SSSR count). The lowest BCUT2D eigenvalue weighted by atomic mass is 10.1. The highest BCUT2D eigenvalue weighted by Crippen LogP contribution is 2.03. The van der Waals surface area contributed by atoms with Crippen molar-refractivity contribution >= 4 is 5.97 Å². The average molecular weight is 239 g/mol. The van der Waals surface area contributed by atoms with Gasteiger partial charge in [0.05, 0.1) is 5.92 Å². The smallest absolute Gasteiger partial charge is 0.307 e. The Hall–Kier alpha value is -1.36. The second-order valence-corrected chi connectivity index (χ2v) is 4.34. The maximum absolute atomic E-state index is 10.8. The van der Waals surface area contributed by atoms with E-state index in [1.165, 1.54) is 0 Å². The van der Waals surface area contributed by atoms with Gasteiger partial charge in [-0.2, -0.15) is 0 Å². The number of rotatable bonds is 7. The number of aromatic nitrogens is 2. The van der Waals surface area contributed by atoms with Gasteiger partial charge in [0.25, 0.3) is 0 Å². The molecule has 0 radical (unpaired) electrons. The van der Waals surface area contributed by atoms with E-state index in [9.17, 15) is 4.79 Å². The Morgan fingerprint density at radius 3 is 2.82 bits per heavy atom. The van der Waals surface area contributed by atoms with Gasteiger partial charge in [-0.15, -0.1) is 0 Å². The minimum atomic E-state index is -0.736. The fourth-order valence-corrected chi connectivity index (χ4v) is 1.74. The van der Waals surface area contributed by atoms with Crippen molar-refractivity contribution in [3.63, 3.8) is 0 Å². The molecule has 0 saturated carbocycles. The molecule has 0 aliphatic heterocycles. The van der Waals surface area contributed by atoms with Crippen molar-refractivity contribution in [3.05, 3.63) is 18.2 Å². The van der Waals surface area contributed by atoms with Gasteiger partial charge in [-0.25, -0.2) is 4.98 Å². The van der Waals surface area contributed by atoms with Crippen molar-refractivity contribution in [2.75, 3.05) is 19.6 Å². The van der Waals surface area contributed by atoms with Crippen LogP contribution in [0, 0.1) is 5.92 Å². The summed E-state index contributed by atoms with van der Waals surface area (Å²) in [6, 6.07) is 0. The monoisotopic (exact) mass is 239 g/mol. The normalized spacial score (nSPS) is 12.9. The zero-order valence-corrected chi connectivity index (χ0v) is 10.8. The Bertz CT molecular complexity index is 362. The van der Waals surface area contributed by atoms with Crippen molar-refractivity contribution in [1.82, 2.24) is 14.5 Å². The van der Waals surface area contributed by atoms with E-state index in [4.69, 9.17) is 5.11 Å². The highest BCUT2D eigenvalue weighted by atomic mass is 16.4. The van der Waals surface area contributed by atoms with Crippen LogP contribution in [0.5, 0.6) is 0 Å². The number of imidazole rings is 1. The fourth-order valence-electron chi connectivity index (χ4n) is 1.74. The molecule has 0 fully saturated rings. The molecule has 1 N–H and O–H groups in total. The molecular weight excluding hydrogens is 218 g/mol. The third-order valence-corrected chi connectivity index (χ3v) is 2.97. The number of carboxylic acid groups (broad SMARTS) is 1. The minimum absolute atomic E-state index is 0.323. The van der Waals surface area contributed by atoms with E-state index >= 15 is 0 Å². The molecule has 0 aliphatic rings. The van der Waals surface area contributed by atoms with Gasteiger partial charge in [-0.05, 0) is 6.54 Å². The topological polar surface area (TPSA) is 58.4 Å². The molecule has 5 nitrogen and oxygen atoms in total. The lowest BCUT2D eigenvalue weighted by Gasteiger charge is -2.22. The summed E-state index contributed by atoms with van der Waals surface area (Å²) >= 11 is 0. The maximum Gasteiger partial charge on any atom is 0.307 e. The van der Waals surface area contributed by atoms with Crippen LogP contribution >= 0.6 is 0 Å². The van der Waals surface area contributed by atoms with Crippen molar-refractivity contribution < 1.29 is 9.90 Å². The molecular formula is C12H21N3O2. The van der Waals surface area contributed by atoms with Crippen LogP contribution in [0.1, 0.15) is 19.7 Å². The van der Waals surface area contributed by atoms with Crippen LogP contribution in [0.25, 0.3) is 0 Å². The summed E-state index contributed by atoms with van der Waals surface area (Å²) in [4.78, 5) is 17.2. The molecule has 5 heteroatoms. The van der Waals surface area contributed by atoms with E-state index in [1.54, 1.807) is 13.1 Å². The summed E-state index contributed by atoms with van der Waals surface area (Å²) in [7, 11) is 1.97. The van der Waals surface area contributed by atoms with Crippen LogP contribution in [0.15, 0.2) is 12.4 Å². The molecule has 1 atom stereocenters. The van der Waals surface area contributed by atoms with Gasteiger partial charge in [0.2, 0.25) is 0 Å². The molecule has 0 aromatic carbocycles. The lowest BCUT2D eigenvalue weighted by molar-refractivity contribution is -0.141. The van der Waals surface area contributed by atoms with Gasteiger partial charge < -0.3 is 14.6 Å². The molecule has 1 aromatic rings. The SMILES string of the molecule is CCN(CCc1nccn1C)CC(C)C(=O)O. The second-order valence-electron chi connectivity index (χ2n) is 4.34. The molecule has 0 spiro atoms. The van der Waals surface area contributed by atoms with Crippen molar-refractivity contribution in [3.8, 4) is 0 Å². The standard InChI is InChI=1S/C12H21N3O2/c1-4-15(9-10(2)12(16)17)7-5-11-13-6-8-14(11)3/h6,8,10H,4-5,7,9H2,1-3H3,(H,16,17). The third kappa shape index (κ3) is 4.19. The number of carbonyl (C=O) groups is 1. The van der Waals surface area contributed by atoms with Crippen LogP contribution in [-0.4, -0.2) is 45.2 Å². The Kier molecular flexibility index (Phi) is 5.15. The number of nitrogens with zero attached hydrogens (tertiary/aromatic N) is 3. The quantitative estimate of drug-likeness (QED) is 0.771. The van der Waals surface area contributed by atoms with E-state index in [1.807, 2.05) is 24.7 Å². The van der Waals surface area contributed by atoms with Crippen LogP contribution in [0.2, 0.25) is 0 Å². The second kappa shape index (κ2) is 6.39. The maximum atomic E-state index is 10.8. The zero-order valence-electron chi connectivity index (χ0n) is 10.8. The fraction of sp³-hybridized carbons (Fsp3) is 0.667. The van der Waals surface area contributed by atoms with Crippen molar-refractivity contribution in [2.24, 2.45) is 13.0 Å². The highest BCUT2D eigenvalue weighted by Gasteiger charge is 2.15. The first-order valence-electron chi connectivity index (χ1n) is 5.96. The third-order valence-electron chi connectivity index (χ3n) is 2.97. The number of aryl methyl sites for hydroxylation is 1. The average Bonchev–Trinajstić information content (AvgIpc) is 2.69. The Labute approximate surface area is 102 Å². The van der Waals surface area contributed by atoms with Crippen molar-refractivity contribution in [1.29, 1.82) is 0 Å². The van der Waals surface area contributed by atoms with Crippen LogP contribution in [0.4, 0.5) is 0 Å². The first-order valence-corrected chi connectivity index (χ1v) is 5.96. The van der Waals surface area contributed by atoms with Gasteiger partial charge in [-0.1, -0.05) is 13.8 Å². The van der Waals surface area contributed by atoms with E-state index < -0.39 is 5.97 Å². The van der Waals surface area contributed by atoms with E-state index in [-0.39, 0.29) is 5.92 Å². The molecule has 0 bridgehead atoms. The summed E-state index contributed by atoms with van der Waals surface area (Å²) in [6.07, 6.45) is 4.56. The van der Waals surface area contributed by atoms with Crippen molar-refractivity contribution in [2.45, 2.75) is 20.3 Å². The molecule has 1 heterocycles. The van der Waals surface area contributed by atoms with Crippen LogP contribution in [-0.2, 0) is 18.3 Å². The lowest BCUT2D eigenvalue weighted by Crippen LogP contribution is -2.33. The number of likely N-dealkylation sites (N-methyl/N-ethyl adjacent to an activating group) is 1. The highest BCUT2D eigenvalue weighted by molar-refractivity contribution is 5.69. The largest absolute Gasteiger partial charge is 0.481 e. The first kappa shape index (κ1) is 13.7. The summed E-state index contributed by atoms with van der Waals surface area (Å²) in [5, 5.41) is 8.88. The number of aliphatic carboxylic acids is 1. The molecule has 1 aromatic heterocycles. The number of carboxylic acids is 1. The summed E-state index contributed by atoms with van der Waals surface area (Å²) < 4.78 is 1.99.